The number of nitrogens with zero attached hydrogens (tertiary/aromatic N) is 1. The minimum Gasteiger partial charge on any atom is -0.392 e. The Kier molecular flexibility index (Phi) is 3.45. The molecule has 17 heavy (non-hydrogen) atoms. The number of carbonyl (C=O) groups is 1. The number of likely N-dealkylation sites (tertiary alicyclic amines) is 1. The molecule has 1 aliphatic heterocycles. The SMILES string of the molecule is Cc1cc(C(N)=O)ccc1CN1CCC(O)C1. The number of aliphatic hydroxyl groups is 1. The highest BCUT2D eigenvalue weighted by atomic mass is 16.3. The quantitative estimate of drug-likeness (QED) is 0.807. The molecule has 1 amide bonds. The van der Waals surface area contributed by atoms with Gasteiger partial charge in [-0.1, -0.05) is 6.07 Å². The summed E-state index contributed by atoms with van der Waals surface area (Å²) in [7, 11) is 0. The molecule has 4 nitrogen and oxygen atoms in total. The maximum absolute atomic E-state index is 11.0. The summed E-state index contributed by atoms with van der Waals surface area (Å²) < 4.78 is 0. The van der Waals surface area contributed by atoms with E-state index in [4.69, 9.17) is 5.73 Å². The Labute approximate surface area is 101 Å². The van der Waals surface area contributed by atoms with Crippen LogP contribution in [0.1, 0.15) is 27.9 Å². The largest absolute Gasteiger partial charge is 0.392 e. The van der Waals surface area contributed by atoms with Crippen LogP contribution in [0.25, 0.3) is 0 Å². The van der Waals surface area contributed by atoms with Gasteiger partial charge < -0.3 is 10.8 Å². The molecular weight excluding hydrogens is 216 g/mol. The summed E-state index contributed by atoms with van der Waals surface area (Å²) in [6.07, 6.45) is 0.651. The third kappa shape index (κ3) is 2.84. The van der Waals surface area contributed by atoms with Crippen LogP contribution in [0.5, 0.6) is 0 Å². The van der Waals surface area contributed by atoms with E-state index in [1.165, 1.54) is 5.56 Å². The number of hydrogen-bond acceptors (Lipinski definition) is 3. The molecule has 1 fully saturated rings. The number of aliphatic hydroxyl groups excluding tert-OH is 1. The van der Waals surface area contributed by atoms with Crippen molar-refractivity contribution in [2.24, 2.45) is 5.73 Å². The summed E-state index contributed by atoms with van der Waals surface area (Å²) in [5.41, 5.74) is 8.04. The average molecular weight is 234 g/mol. The Balaban J connectivity index is 2.09. The van der Waals surface area contributed by atoms with Gasteiger partial charge in [0.2, 0.25) is 5.91 Å². The van der Waals surface area contributed by atoms with Gasteiger partial charge in [-0.3, -0.25) is 9.69 Å². The third-order valence-corrected chi connectivity index (χ3v) is 3.27. The molecule has 2 rings (SSSR count). The van der Waals surface area contributed by atoms with Crippen molar-refractivity contribution in [2.75, 3.05) is 13.1 Å². The zero-order chi connectivity index (χ0) is 12.4. The predicted octanol–water partition coefficient (Wildman–Crippen LogP) is 0.661. The molecule has 0 aliphatic carbocycles. The van der Waals surface area contributed by atoms with E-state index in [1.54, 1.807) is 6.07 Å². The molecule has 1 saturated heterocycles. The number of primary amides is 1. The first-order chi connectivity index (χ1) is 8.06. The summed E-state index contributed by atoms with van der Waals surface area (Å²) in [5.74, 6) is -0.392. The van der Waals surface area contributed by atoms with Gasteiger partial charge in [-0.2, -0.15) is 0 Å². The highest BCUT2D eigenvalue weighted by Crippen LogP contribution is 2.17. The first-order valence-corrected chi connectivity index (χ1v) is 5.86. The Bertz CT molecular complexity index is 431. The van der Waals surface area contributed by atoms with Crippen LogP contribution < -0.4 is 5.73 Å². The van der Waals surface area contributed by atoms with Crippen LogP contribution in [0.15, 0.2) is 18.2 Å². The van der Waals surface area contributed by atoms with Gasteiger partial charge in [-0.15, -0.1) is 0 Å². The fraction of sp³-hybridized carbons (Fsp3) is 0.462. The molecule has 92 valence electrons. The fourth-order valence-electron chi connectivity index (χ4n) is 2.22. The van der Waals surface area contributed by atoms with Crippen molar-refractivity contribution < 1.29 is 9.90 Å². The van der Waals surface area contributed by atoms with Crippen molar-refractivity contribution in [2.45, 2.75) is 26.0 Å². The Morgan fingerprint density at radius 1 is 1.59 bits per heavy atom. The van der Waals surface area contributed by atoms with Crippen molar-refractivity contribution in [3.05, 3.63) is 34.9 Å². The standard InChI is InChI=1S/C13H18N2O2/c1-9-6-10(13(14)17)2-3-11(9)7-15-5-4-12(16)8-15/h2-3,6,12,16H,4-5,7-8H2,1H3,(H2,14,17). The van der Waals surface area contributed by atoms with Gasteiger partial charge in [0.15, 0.2) is 0 Å². The molecule has 0 radical (unpaired) electrons. The maximum Gasteiger partial charge on any atom is 0.248 e. The molecule has 3 N–H and O–H groups in total. The lowest BCUT2D eigenvalue weighted by molar-refractivity contribution is 0.1000. The minimum atomic E-state index is -0.392. The molecule has 0 spiro atoms. The van der Waals surface area contributed by atoms with Crippen molar-refractivity contribution in [1.82, 2.24) is 4.90 Å². The predicted molar refractivity (Wildman–Crippen MR) is 65.6 cm³/mol. The lowest BCUT2D eigenvalue weighted by Gasteiger charge is -2.16. The van der Waals surface area contributed by atoms with Gasteiger partial charge in [0.25, 0.3) is 0 Å². The molecule has 0 aromatic heterocycles. The number of benzene rings is 1. The van der Waals surface area contributed by atoms with E-state index >= 15 is 0 Å². The second-order valence-corrected chi connectivity index (χ2v) is 4.68. The van der Waals surface area contributed by atoms with Gasteiger partial charge in [0, 0.05) is 25.2 Å². The topological polar surface area (TPSA) is 66.6 Å². The maximum atomic E-state index is 11.0. The average Bonchev–Trinajstić information content (AvgIpc) is 2.67. The van der Waals surface area contributed by atoms with Gasteiger partial charge in [0.05, 0.1) is 6.10 Å². The van der Waals surface area contributed by atoms with Crippen molar-refractivity contribution in [1.29, 1.82) is 0 Å². The zero-order valence-corrected chi connectivity index (χ0v) is 10.0. The fourth-order valence-corrected chi connectivity index (χ4v) is 2.22. The first kappa shape index (κ1) is 12.1. The van der Waals surface area contributed by atoms with Crippen LogP contribution in [0, 0.1) is 6.92 Å². The molecular formula is C13H18N2O2. The van der Waals surface area contributed by atoms with Crippen LogP contribution in [0.3, 0.4) is 0 Å². The van der Waals surface area contributed by atoms with Crippen molar-refractivity contribution >= 4 is 5.91 Å². The van der Waals surface area contributed by atoms with Gasteiger partial charge >= 0.3 is 0 Å². The van der Waals surface area contributed by atoms with Gasteiger partial charge in [-0.25, -0.2) is 0 Å². The number of hydrogen-bond donors (Lipinski definition) is 2. The summed E-state index contributed by atoms with van der Waals surface area (Å²) >= 11 is 0. The van der Waals surface area contributed by atoms with E-state index in [9.17, 15) is 9.90 Å². The van der Waals surface area contributed by atoms with Crippen LogP contribution in [-0.2, 0) is 6.54 Å². The molecule has 1 aliphatic rings. The Hall–Kier alpha value is -1.39. The Morgan fingerprint density at radius 2 is 2.35 bits per heavy atom. The van der Waals surface area contributed by atoms with Gasteiger partial charge in [0.1, 0.15) is 0 Å². The van der Waals surface area contributed by atoms with Crippen LogP contribution >= 0.6 is 0 Å². The number of carbonyl (C=O) groups excluding carboxylic acids is 1. The number of rotatable bonds is 3. The highest BCUT2D eigenvalue weighted by molar-refractivity contribution is 5.93. The molecule has 1 aromatic carbocycles. The first-order valence-electron chi connectivity index (χ1n) is 5.86. The zero-order valence-electron chi connectivity index (χ0n) is 10.0. The van der Waals surface area contributed by atoms with Gasteiger partial charge in [-0.05, 0) is 36.6 Å². The summed E-state index contributed by atoms with van der Waals surface area (Å²) in [5, 5.41) is 9.46. The monoisotopic (exact) mass is 234 g/mol. The van der Waals surface area contributed by atoms with Crippen molar-refractivity contribution in [3.8, 4) is 0 Å². The lowest BCUT2D eigenvalue weighted by Crippen LogP contribution is -2.22. The highest BCUT2D eigenvalue weighted by Gasteiger charge is 2.20. The molecule has 1 aromatic rings. The van der Waals surface area contributed by atoms with Crippen LogP contribution in [-0.4, -0.2) is 35.1 Å². The summed E-state index contributed by atoms with van der Waals surface area (Å²) in [4.78, 5) is 13.2. The number of nitrogens with two attached hydrogens (primary N) is 1. The normalized spacial score (nSPS) is 20.7. The summed E-state index contributed by atoms with van der Waals surface area (Å²) in [6.45, 7) is 4.46. The molecule has 4 heteroatoms. The van der Waals surface area contributed by atoms with Crippen molar-refractivity contribution in [3.63, 3.8) is 0 Å². The lowest BCUT2D eigenvalue weighted by atomic mass is 10.0. The molecule has 0 bridgehead atoms. The molecule has 1 heterocycles. The van der Waals surface area contributed by atoms with E-state index in [1.807, 2.05) is 19.1 Å². The van der Waals surface area contributed by atoms with Crippen LogP contribution in [0.4, 0.5) is 0 Å². The van der Waals surface area contributed by atoms with E-state index < -0.39 is 5.91 Å². The van der Waals surface area contributed by atoms with E-state index in [0.717, 1.165) is 31.6 Å². The summed E-state index contributed by atoms with van der Waals surface area (Å²) in [6, 6.07) is 5.53. The molecule has 0 saturated carbocycles. The smallest absolute Gasteiger partial charge is 0.248 e. The van der Waals surface area contributed by atoms with Crippen LogP contribution in [0.2, 0.25) is 0 Å². The number of β-amino-alcohol motifs (C(OH)–C–C–N with tert-alkyl or cyclic N) is 1. The third-order valence-electron chi connectivity index (χ3n) is 3.27. The molecule has 1 unspecified atom stereocenters. The second kappa shape index (κ2) is 4.85. The van der Waals surface area contributed by atoms with E-state index in [2.05, 4.69) is 4.90 Å². The van der Waals surface area contributed by atoms with E-state index in [-0.39, 0.29) is 6.10 Å². The number of amides is 1. The Morgan fingerprint density at radius 3 is 2.88 bits per heavy atom. The minimum absolute atomic E-state index is 0.194. The number of aryl methyl sites for hydroxylation is 1. The molecule has 1 atom stereocenters. The second-order valence-electron chi connectivity index (χ2n) is 4.68. The van der Waals surface area contributed by atoms with E-state index in [0.29, 0.717) is 5.56 Å².